The quantitative estimate of drug-likeness (QED) is 0.385. The van der Waals surface area contributed by atoms with E-state index in [2.05, 4.69) is 29.6 Å². The Kier molecular flexibility index (Phi) is 7.14. The number of amides is 2. The number of urea groups is 1. The number of carboxylic acid groups (broad SMARTS) is 1. The fourth-order valence-corrected chi connectivity index (χ4v) is 5.43. The number of para-hydroxylation sites is 1. The van der Waals surface area contributed by atoms with Gasteiger partial charge in [-0.15, -0.1) is 0 Å². The van der Waals surface area contributed by atoms with Crippen molar-refractivity contribution >= 4 is 35.0 Å². The predicted octanol–water partition coefficient (Wildman–Crippen LogP) is 7.19. The number of carbonyl (C=O) groups is 2. The van der Waals surface area contributed by atoms with Gasteiger partial charge < -0.3 is 15.2 Å². The van der Waals surface area contributed by atoms with E-state index in [1.165, 1.54) is 5.56 Å². The molecule has 0 unspecified atom stereocenters. The topological polar surface area (TPSA) is 78.9 Å². The Morgan fingerprint density at radius 1 is 0.972 bits per heavy atom. The first-order chi connectivity index (χ1) is 17.5. The summed E-state index contributed by atoms with van der Waals surface area (Å²) in [5.41, 5.74) is 4.72. The normalized spacial score (nSPS) is 19.2. The Labute approximate surface area is 215 Å². The lowest BCUT2D eigenvalue weighted by Crippen LogP contribution is -2.40. The number of aliphatic carboxylic acids is 1. The molecule has 0 atom stereocenters. The molecule has 6 nitrogen and oxygen atoms in total. The standard InChI is InChI=1S/C29H29ClN2O4/c30-24-3-1-2-4-25(24)31-29(35)32-15-16-36-27-18-23(13-14-26(27)32)22-11-9-21(10-12-22)20-7-5-19(6-8-20)17-28(33)34/h1-4,9-14,18-20H,5-8,15-17H2,(H,31,35)(H,33,34). The number of hydrogen-bond donors (Lipinski definition) is 2. The van der Waals surface area contributed by atoms with Crippen molar-refractivity contribution in [2.45, 2.75) is 38.0 Å². The Hall–Kier alpha value is -3.51. The summed E-state index contributed by atoms with van der Waals surface area (Å²) in [5, 5.41) is 12.4. The number of anilines is 2. The van der Waals surface area contributed by atoms with Crippen LogP contribution in [0.5, 0.6) is 5.75 Å². The Morgan fingerprint density at radius 3 is 2.42 bits per heavy atom. The maximum absolute atomic E-state index is 13.0. The minimum absolute atomic E-state index is 0.247. The van der Waals surface area contributed by atoms with Crippen LogP contribution in [0.15, 0.2) is 66.7 Å². The van der Waals surface area contributed by atoms with E-state index in [0.717, 1.165) is 42.5 Å². The number of nitrogens with one attached hydrogen (secondary N) is 1. The van der Waals surface area contributed by atoms with E-state index in [4.69, 9.17) is 21.4 Å². The van der Waals surface area contributed by atoms with Crippen LogP contribution in [0.4, 0.5) is 16.2 Å². The summed E-state index contributed by atoms with van der Waals surface area (Å²) >= 11 is 6.20. The molecule has 1 aliphatic heterocycles. The van der Waals surface area contributed by atoms with Crippen LogP contribution in [0.3, 0.4) is 0 Å². The van der Waals surface area contributed by atoms with Crippen molar-refractivity contribution in [1.82, 2.24) is 0 Å². The van der Waals surface area contributed by atoms with Gasteiger partial charge in [-0.1, -0.05) is 54.1 Å². The number of hydrogen-bond acceptors (Lipinski definition) is 3. The summed E-state index contributed by atoms with van der Waals surface area (Å²) in [5.74, 6) is 0.774. The van der Waals surface area contributed by atoms with Crippen molar-refractivity contribution in [3.05, 3.63) is 77.3 Å². The van der Waals surface area contributed by atoms with Gasteiger partial charge in [0.25, 0.3) is 0 Å². The van der Waals surface area contributed by atoms with Crippen LogP contribution in [0.2, 0.25) is 5.02 Å². The zero-order valence-corrected chi connectivity index (χ0v) is 20.7. The average Bonchev–Trinajstić information content (AvgIpc) is 2.89. The van der Waals surface area contributed by atoms with E-state index >= 15 is 0 Å². The number of ether oxygens (including phenoxy) is 1. The number of fused-ring (bicyclic) bond motifs is 1. The maximum atomic E-state index is 13.0. The zero-order valence-electron chi connectivity index (χ0n) is 20.0. The van der Waals surface area contributed by atoms with Gasteiger partial charge in [0, 0.05) is 6.42 Å². The SMILES string of the molecule is O=C(O)CC1CCC(c2ccc(-c3ccc4c(c3)OCCN4C(=O)Nc3ccccc3Cl)cc2)CC1. The van der Waals surface area contributed by atoms with E-state index in [1.807, 2.05) is 30.3 Å². The highest BCUT2D eigenvalue weighted by Crippen LogP contribution is 2.39. The molecule has 1 heterocycles. The second kappa shape index (κ2) is 10.6. The molecule has 1 saturated carbocycles. The molecule has 2 aliphatic rings. The van der Waals surface area contributed by atoms with Crippen molar-refractivity contribution in [3.63, 3.8) is 0 Å². The predicted molar refractivity (Wildman–Crippen MR) is 142 cm³/mol. The summed E-state index contributed by atoms with van der Waals surface area (Å²) in [7, 11) is 0. The third kappa shape index (κ3) is 5.34. The molecular weight excluding hydrogens is 476 g/mol. The number of nitrogens with zero attached hydrogens (tertiary/aromatic N) is 1. The fraction of sp³-hybridized carbons (Fsp3) is 0.310. The largest absolute Gasteiger partial charge is 0.490 e. The average molecular weight is 505 g/mol. The molecular formula is C29H29ClN2O4. The molecule has 1 aliphatic carbocycles. The Morgan fingerprint density at radius 2 is 1.69 bits per heavy atom. The van der Waals surface area contributed by atoms with E-state index in [9.17, 15) is 9.59 Å². The van der Waals surface area contributed by atoms with Crippen LogP contribution in [0.25, 0.3) is 11.1 Å². The van der Waals surface area contributed by atoms with Crippen molar-refractivity contribution in [2.75, 3.05) is 23.4 Å². The molecule has 7 heteroatoms. The highest BCUT2D eigenvalue weighted by molar-refractivity contribution is 6.33. The molecule has 0 saturated heterocycles. The van der Waals surface area contributed by atoms with Gasteiger partial charge in [0.2, 0.25) is 0 Å². The summed E-state index contributed by atoms with van der Waals surface area (Å²) < 4.78 is 5.91. The second-order valence-electron chi connectivity index (χ2n) is 9.53. The summed E-state index contributed by atoms with van der Waals surface area (Å²) in [6, 6.07) is 21.5. The van der Waals surface area contributed by atoms with Gasteiger partial charge in [0.05, 0.1) is 22.9 Å². The first-order valence-corrected chi connectivity index (χ1v) is 12.8. The maximum Gasteiger partial charge on any atom is 0.326 e. The number of rotatable bonds is 5. The number of carbonyl (C=O) groups excluding carboxylic acids is 1. The molecule has 2 N–H and O–H groups in total. The van der Waals surface area contributed by atoms with E-state index in [-0.39, 0.29) is 12.5 Å². The van der Waals surface area contributed by atoms with Crippen molar-refractivity contribution in [3.8, 4) is 16.9 Å². The van der Waals surface area contributed by atoms with Gasteiger partial charge in [-0.3, -0.25) is 9.69 Å². The van der Waals surface area contributed by atoms with E-state index in [0.29, 0.717) is 41.4 Å². The lowest BCUT2D eigenvalue weighted by atomic mass is 9.77. The molecule has 2 amide bonds. The fourth-order valence-electron chi connectivity index (χ4n) is 5.25. The summed E-state index contributed by atoms with van der Waals surface area (Å²) in [6.07, 6.45) is 4.31. The van der Waals surface area contributed by atoms with Crippen LogP contribution >= 0.6 is 11.6 Å². The van der Waals surface area contributed by atoms with Crippen LogP contribution in [0, 0.1) is 5.92 Å². The van der Waals surface area contributed by atoms with Crippen molar-refractivity contribution in [1.29, 1.82) is 0 Å². The first kappa shape index (κ1) is 24.2. The molecule has 3 aromatic rings. The Bertz CT molecular complexity index is 1250. The van der Waals surface area contributed by atoms with Crippen LogP contribution in [0.1, 0.15) is 43.6 Å². The highest BCUT2D eigenvalue weighted by atomic mass is 35.5. The molecule has 0 bridgehead atoms. The first-order valence-electron chi connectivity index (χ1n) is 12.4. The third-order valence-electron chi connectivity index (χ3n) is 7.21. The minimum Gasteiger partial charge on any atom is -0.490 e. The second-order valence-corrected chi connectivity index (χ2v) is 9.94. The monoisotopic (exact) mass is 504 g/mol. The Balaban J connectivity index is 1.27. The van der Waals surface area contributed by atoms with Crippen LogP contribution in [-0.2, 0) is 4.79 Å². The molecule has 36 heavy (non-hydrogen) atoms. The van der Waals surface area contributed by atoms with Crippen LogP contribution < -0.4 is 15.0 Å². The van der Waals surface area contributed by atoms with E-state index in [1.54, 1.807) is 17.0 Å². The summed E-state index contributed by atoms with van der Waals surface area (Å²) in [4.78, 5) is 25.6. The number of halogens is 1. The lowest BCUT2D eigenvalue weighted by Gasteiger charge is -2.30. The molecule has 186 valence electrons. The molecule has 1 fully saturated rings. The van der Waals surface area contributed by atoms with Crippen molar-refractivity contribution in [2.24, 2.45) is 5.92 Å². The molecule has 0 aromatic heterocycles. The molecule has 0 spiro atoms. The van der Waals surface area contributed by atoms with Gasteiger partial charge in [-0.2, -0.15) is 0 Å². The summed E-state index contributed by atoms with van der Waals surface area (Å²) in [6.45, 7) is 0.863. The van der Waals surface area contributed by atoms with Gasteiger partial charge in [0.15, 0.2) is 0 Å². The number of carboxylic acids is 1. The van der Waals surface area contributed by atoms with Gasteiger partial charge in [0.1, 0.15) is 12.4 Å². The molecule has 5 rings (SSSR count). The smallest absolute Gasteiger partial charge is 0.326 e. The zero-order chi connectivity index (χ0) is 25.1. The van der Waals surface area contributed by atoms with Crippen LogP contribution in [-0.4, -0.2) is 30.3 Å². The number of benzene rings is 3. The third-order valence-corrected chi connectivity index (χ3v) is 7.54. The van der Waals surface area contributed by atoms with Gasteiger partial charge in [-0.05, 0) is 78.5 Å². The minimum atomic E-state index is -0.693. The highest BCUT2D eigenvalue weighted by Gasteiger charge is 2.26. The van der Waals surface area contributed by atoms with E-state index < -0.39 is 5.97 Å². The van der Waals surface area contributed by atoms with Gasteiger partial charge >= 0.3 is 12.0 Å². The lowest BCUT2D eigenvalue weighted by molar-refractivity contribution is -0.138. The van der Waals surface area contributed by atoms with Gasteiger partial charge in [-0.25, -0.2) is 4.79 Å². The van der Waals surface area contributed by atoms with Crippen molar-refractivity contribution < 1.29 is 19.4 Å². The molecule has 0 radical (unpaired) electrons. The molecule has 3 aromatic carbocycles.